The largest absolute Gasteiger partial charge is 0.459 e. The molecule has 0 aromatic heterocycles. The summed E-state index contributed by atoms with van der Waals surface area (Å²) in [7, 11) is 0. The first-order chi connectivity index (χ1) is 10.9. The maximum Gasteiger partial charge on any atom is 0.410 e. The molecule has 1 aliphatic rings. The number of amides is 2. The van der Waals surface area contributed by atoms with Crippen LogP contribution in [0.3, 0.4) is 0 Å². The van der Waals surface area contributed by atoms with Gasteiger partial charge in [0.1, 0.15) is 13.2 Å². The number of cyclic esters (lactones) is 1. The molecular weight excluding hydrogens is 324 g/mol. The molecule has 2 amide bonds. The molecule has 0 unspecified atom stereocenters. The number of halogens is 1. The van der Waals surface area contributed by atoms with Crippen LogP contribution in [-0.4, -0.2) is 48.7 Å². The molecule has 0 spiro atoms. The van der Waals surface area contributed by atoms with E-state index in [2.05, 4.69) is 5.32 Å². The second kappa shape index (κ2) is 7.32. The molecule has 1 aromatic carbocycles. The third-order valence-electron chi connectivity index (χ3n) is 2.99. The van der Waals surface area contributed by atoms with E-state index in [9.17, 15) is 14.4 Å². The first kappa shape index (κ1) is 17.1. The van der Waals surface area contributed by atoms with E-state index in [0.29, 0.717) is 12.2 Å². The van der Waals surface area contributed by atoms with Crippen LogP contribution in [0.4, 0.5) is 10.5 Å². The Morgan fingerprint density at radius 3 is 2.78 bits per heavy atom. The van der Waals surface area contributed by atoms with E-state index in [-0.39, 0.29) is 29.8 Å². The van der Waals surface area contributed by atoms with Gasteiger partial charge in [-0.25, -0.2) is 9.59 Å². The maximum atomic E-state index is 11.9. The average molecular weight is 341 g/mol. The summed E-state index contributed by atoms with van der Waals surface area (Å²) in [4.78, 5) is 36.5. The number of nitrogens with zero attached hydrogens (tertiary/aromatic N) is 1. The van der Waals surface area contributed by atoms with Crippen LogP contribution in [0.15, 0.2) is 18.2 Å². The van der Waals surface area contributed by atoms with Crippen molar-refractivity contribution in [3.63, 3.8) is 0 Å². The number of esters is 1. The number of rotatable bonds is 5. The van der Waals surface area contributed by atoms with Crippen molar-refractivity contribution in [3.05, 3.63) is 28.8 Å². The Morgan fingerprint density at radius 2 is 2.17 bits per heavy atom. The molecule has 23 heavy (non-hydrogen) atoms. The Hall–Kier alpha value is -2.28. The third kappa shape index (κ3) is 4.59. The molecule has 0 radical (unpaired) electrons. The molecular formula is C15H17ClN2O5. The fraction of sp³-hybridized carbons (Fsp3) is 0.400. The number of hydrogen-bond acceptors (Lipinski definition) is 5. The lowest BCUT2D eigenvalue weighted by molar-refractivity contribution is -0.116. The van der Waals surface area contributed by atoms with Crippen LogP contribution in [0.25, 0.3) is 0 Å². The molecule has 8 heteroatoms. The van der Waals surface area contributed by atoms with Crippen LogP contribution in [0, 0.1) is 0 Å². The summed E-state index contributed by atoms with van der Waals surface area (Å²) in [5.74, 6) is -0.960. The van der Waals surface area contributed by atoms with Gasteiger partial charge in [0.2, 0.25) is 5.91 Å². The number of anilines is 1. The van der Waals surface area contributed by atoms with E-state index in [0.717, 1.165) is 0 Å². The molecule has 1 aromatic rings. The SMILES string of the molecule is CC(C)OC(=O)c1cc(NC(=O)CN2CCOC2=O)ccc1Cl. The van der Waals surface area contributed by atoms with Crippen molar-refractivity contribution in [2.75, 3.05) is 25.0 Å². The molecule has 1 heterocycles. The highest BCUT2D eigenvalue weighted by Crippen LogP contribution is 2.22. The molecule has 0 saturated carbocycles. The van der Waals surface area contributed by atoms with Gasteiger partial charge in [0, 0.05) is 5.69 Å². The molecule has 0 aliphatic carbocycles. The van der Waals surface area contributed by atoms with Crippen molar-refractivity contribution in [2.24, 2.45) is 0 Å². The lowest BCUT2D eigenvalue weighted by Gasteiger charge is -2.14. The van der Waals surface area contributed by atoms with E-state index >= 15 is 0 Å². The summed E-state index contributed by atoms with van der Waals surface area (Å²) in [6.07, 6.45) is -0.796. The summed E-state index contributed by atoms with van der Waals surface area (Å²) < 4.78 is 9.84. The fourth-order valence-electron chi connectivity index (χ4n) is 1.98. The zero-order valence-electron chi connectivity index (χ0n) is 12.8. The van der Waals surface area contributed by atoms with Gasteiger partial charge < -0.3 is 14.8 Å². The van der Waals surface area contributed by atoms with Crippen LogP contribution >= 0.6 is 11.6 Å². The van der Waals surface area contributed by atoms with E-state index < -0.39 is 18.0 Å². The van der Waals surface area contributed by atoms with Crippen molar-refractivity contribution in [1.29, 1.82) is 0 Å². The Kier molecular flexibility index (Phi) is 5.44. The van der Waals surface area contributed by atoms with Gasteiger partial charge in [-0.15, -0.1) is 0 Å². The second-order valence-corrected chi connectivity index (χ2v) is 5.64. The Labute approximate surface area is 138 Å². The van der Waals surface area contributed by atoms with Crippen LogP contribution in [-0.2, 0) is 14.3 Å². The minimum atomic E-state index is -0.566. The lowest BCUT2D eigenvalue weighted by atomic mass is 10.2. The highest BCUT2D eigenvalue weighted by atomic mass is 35.5. The molecule has 1 fully saturated rings. The summed E-state index contributed by atoms with van der Waals surface area (Å²) >= 11 is 5.98. The zero-order chi connectivity index (χ0) is 17.0. The van der Waals surface area contributed by atoms with Gasteiger partial charge in [-0.1, -0.05) is 11.6 Å². The smallest absolute Gasteiger partial charge is 0.410 e. The van der Waals surface area contributed by atoms with Gasteiger partial charge in [0.15, 0.2) is 0 Å². The lowest BCUT2D eigenvalue weighted by Crippen LogP contribution is -2.33. The molecule has 7 nitrogen and oxygen atoms in total. The van der Waals surface area contributed by atoms with Crippen LogP contribution in [0.5, 0.6) is 0 Å². The quantitative estimate of drug-likeness (QED) is 0.831. The van der Waals surface area contributed by atoms with Gasteiger partial charge in [-0.3, -0.25) is 9.69 Å². The first-order valence-electron chi connectivity index (χ1n) is 7.09. The van der Waals surface area contributed by atoms with E-state index in [4.69, 9.17) is 21.1 Å². The number of hydrogen-bond donors (Lipinski definition) is 1. The highest BCUT2D eigenvalue weighted by Gasteiger charge is 2.24. The van der Waals surface area contributed by atoms with Gasteiger partial charge in [-0.05, 0) is 32.0 Å². The van der Waals surface area contributed by atoms with Crippen LogP contribution in [0.2, 0.25) is 5.02 Å². The Morgan fingerprint density at radius 1 is 1.43 bits per heavy atom. The Bertz CT molecular complexity index is 632. The van der Waals surface area contributed by atoms with Gasteiger partial charge >= 0.3 is 12.1 Å². The highest BCUT2D eigenvalue weighted by molar-refractivity contribution is 6.33. The molecule has 1 N–H and O–H groups in total. The summed E-state index contributed by atoms with van der Waals surface area (Å²) in [5.41, 5.74) is 0.557. The van der Waals surface area contributed by atoms with Crippen molar-refractivity contribution in [3.8, 4) is 0 Å². The average Bonchev–Trinajstić information content (AvgIpc) is 2.85. The standard InChI is InChI=1S/C15H17ClN2O5/c1-9(2)23-14(20)11-7-10(3-4-12(11)16)17-13(19)8-18-5-6-22-15(18)21/h3-4,7,9H,5-6,8H2,1-2H3,(H,17,19). The molecule has 1 aliphatic heterocycles. The van der Waals surface area contributed by atoms with Crippen molar-refractivity contribution in [2.45, 2.75) is 20.0 Å². The predicted molar refractivity (Wildman–Crippen MR) is 83.6 cm³/mol. The molecule has 124 valence electrons. The normalized spacial score (nSPS) is 13.9. The predicted octanol–water partition coefficient (Wildman–Crippen LogP) is 2.30. The first-order valence-corrected chi connectivity index (χ1v) is 7.46. The van der Waals surface area contributed by atoms with Crippen LogP contribution in [0.1, 0.15) is 24.2 Å². The van der Waals surface area contributed by atoms with Gasteiger partial charge in [0.05, 0.1) is 23.2 Å². The summed E-state index contributed by atoms with van der Waals surface area (Å²) in [6.45, 7) is 3.99. The van der Waals surface area contributed by atoms with E-state index in [1.165, 1.54) is 17.0 Å². The molecule has 2 rings (SSSR count). The van der Waals surface area contributed by atoms with E-state index in [1.807, 2.05) is 0 Å². The number of carbonyl (C=O) groups is 3. The maximum absolute atomic E-state index is 11.9. The van der Waals surface area contributed by atoms with Gasteiger partial charge in [-0.2, -0.15) is 0 Å². The topological polar surface area (TPSA) is 84.9 Å². The monoisotopic (exact) mass is 340 g/mol. The number of carbonyl (C=O) groups excluding carboxylic acids is 3. The van der Waals surface area contributed by atoms with Gasteiger partial charge in [0.25, 0.3) is 0 Å². The van der Waals surface area contributed by atoms with Crippen molar-refractivity contribution < 1.29 is 23.9 Å². The fourth-order valence-corrected chi connectivity index (χ4v) is 2.17. The van der Waals surface area contributed by atoms with Crippen molar-refractivity contribution in [1.82, 2.24) is 4.90 Å². The van der Waals surface area contributed by atoms with Crippen LogP contribution < -0.4 is 5.32 Å². The minimum absolute atomic E-state index is 0.118. The second-order valence-electron chi connectivity index (χ2n) is 5.23. The molecule has 0 atom stereocenters. The third-order valence-corrected chi connectivity index (χ3v) is 3.32. The number of benzene rings is 1. The van der Waals surface area contributed by atoms with E-state index in [1.54, 1.807) is 19.9 Å². The zero-order valence-corrected chi connectivity index (χ0v) is 13.6. The number of ether oxygens (including phenoxy) is 2. The van der Waals surface area contributed by atoms with Crippen molar-refractivity contribution >= 4 is 35.3 Å². The molecule has 0 bridgehead atoms. The molecule has 1 saturated heterocycles. The Balaban J connectivity index is 2.04. The summed E-state index contributed by atoms with van der Waals surface area (Å²) in [6, 6.07) is 4.50. The minimum Gasteiger partial charge on any atom is -0.459 e. The summed E-state index contributed by atoms with van der Waals surface area (Å²) in [5, 5.41) is 2.84. The number of nitrogens with one attached hydrogen (secondary N) is 1.